The van der Waals surface area contributed by atoms with Crippen molar-refractivity contribution in [1.29, 1.82) is 0 Å². The fourth-order valence-corrected chi connectivity index (χ4v) is 1.33. The van der Waals surface area contributed by atoms with Crippen molar-refractivity contribution in [3.05, 3.63) is 29.3 Å². The van der Waals surface area contributed by atoms with E-state index >= 15 is 0 Å². The third kappa shape index (κ3) is 3.89. The molecule has 0 aliphatic rings. The third-order valence-electron chi connectivity index (χ3n) is 2.46. The zero-order valence-electron chi connectivity index (χ0n) is 10.3. The highest BCUT2D eigenvalue weighted by Gasteiger charge is 2.34. The van der Waals surface area contributed by atoms with E-state index in [1.807, 2.05) is 0 Å². The van der Waals surface area contributed by atoms with E-state index in [-0.39, 0.29) is 25.0 Å². The Kier molecular flexibility index (Phi) is 4.98. The van der Waals surface area contributed by atoms with Crippen LogP contribution in [0.3, 0.4) is 0 Å². The van der Waals surface area contributed by atoms with E-state index in [4.69, 9.17) is 15.2 Å². The largest absolute Gasteiger partial charge is 0.490 e. The van der Waals surface area contributed by atoms with Crippen LogP contribution in [0.5, 0.6) is 5.75 Å². The van der Waals surface area contributed by atoms with Crippen LogP contribution in [0.25, 0.3) is 0 Å². The second-order valence-electron chi connectivity index (χ2n) is 3.89. The predicted octanol–water partition coefficient (Wildman–Crippen LogP) is 2.58. The predicted molar refractivity (Wildman–Crippen MR) is 61.3 cm³/mol. The summed E-state index contributed by atoms with van der Waals surface area (Å²) >= 11 is 0. The Labute approximate surface area is 104 Å². The molecule has 102 valence electrons. The van der Waals surface area contributed by atoms with Crippen molar-refractivity contribution in [2.75, 3.05) is 13.7 Å². The molecule has 0 bridgehead atoms. The zero-order chi connectivity index (χ0) is 13.8. The molecule has 18 heavy (non-hydrogen) atoms. The van der Waals surface area contributed by atoms with Gasteiger partial charge in [-0.25, -0.2) is 0 Å². The number of rotatable bonds is 5. The highest BCUT2D eigenvalue weighted by Crippen LogP contribution is 2.36. The van der Waals surface area contributed by atoms with Crippen LogP contribution in [0, 0.1) is 0 Å². The van der Waals surface area contributed by atoms with Crippen LogP contribution in [0.15, 0.2) is 18.2 Å². The monoisotopic (exact) mass is 263 g/mol. The fourth-order valence-electron chi connectivity index (χ4n) is 1.33. The molecule has 1 rings (SSSR count). The molecule has 1 unspecified atom stereocenters. The minimum absolute atomic E-state index is 0.0534. The van der Waals surface area contributed by atoms with Gasteiger partial charge in [0.05, 0.1) is 11.7 Å². The first-order valence-electron chi connectivity index (χ1n) is 5.44. The summed E-state index contributed by atoms with van der Waals surface area (Å²) in [6.07, 6.45) is -4.74. The molecule has 1 aromatic carbocycles. The van der Waals surface area contributed by atoms with Gasteiger partial charge in [0.1, 0.15) is 12.4 Å². The van der Waals surface area contributed by atoms with E-state index in [9.17, 15) is 13.2 Å². The van der Waals surface area contributed by atoms with Crippen molar-refractivity contribution in [2.24, 2.45) is 5.73 Å². The Hall–Kier alpha value is -1.27. The molecule has 2 N–H and O–H groups in total. The van der Waals surface area contributed by atoms with Crippen molar-refractivity contribution >= 4 is 0 Å². The van der Waals surface area contributed by atoms with Crippen LogP contribution in [0.1, 0.15) is 18.1 Å². The van der Waals surface area contributed by atoms with E-state index in [1.165, 1.54) is 19.2 Å². The lowest BCUT2D eigenvalue weighted by atomic mass is 10.1. The molecule has 0 fully saturated rings. The smallest absolute Gasteiger partial charge is 0.419 e. The number of hydrogen-bond donors (Lipinski definition) is 1. The van der Waals surface area contributed by atoms with Crippen molar-refractivity contribution in [3.8, 4) is 5.75 Å². The van der Waals surface area contributed by atoms with Gasteiger partial charge in [-0.05, 0) is 24.6 Å². The molecule has 0 heterocycles. The van der Waals surface area contributed by atoms with Gasteiger partial charge in [-0.3, -0.25) is 0 Å². The maximum atomic E-state index is 12.8. The molecule has 0 aliphatic carbocycles. The Morgan fingerprint density at radius 1 is 1.33 bits per heavy atom. The summed E-state index contributed by atoms with van der Waals surface area (Å²) in [6.45, 7) is 1.82. The van der Waals surface area contributed by atoms with Gasteiger partial charge in [-0.15, -0.1) is 0 Å². The van der Waals surface area contributed by atoms with Crippen molar-refractivity contribution in [1.82, 2.24) is 0 Å². The second-order valence-corrected chi connectivity index (χ2v) is 3.89. The van der Waals surface area contributed by atoms with Gasteiger partial charge in [0, 0.05) is 13.7 Å². The van der Waals surface area contributed by atoms with Gasteiger partial charge >= 0.3 is 6.18 Å². The molecule has 3 nitrogen and oxygen atoms in total. The fraction of sp³-hybridized carbons (Fsp3) is 0.500. The minimum atomic E-state index is -4.46. The Morgan fingerprint density at radius 2 is 2.00 bits per heavy atom. The van der Waals surface area contributed by atoms with E-state index in [0.29, 0.717) is 5.56 Å². The maximum Gasteiger partial charge on any atom is 0.419 e. The number of ether oxygens (including phenoxy) is 2. The Morgan fingerprint density at radius 3 is 2.50 bits per heavy atom. The SMILES string of the molecule is COC(C)COc1ccc(CN)cc1C(F)(F)F. The van der Waals surface area contributed by atoms with Crippen molar-refractivity contribution in [2.45, 2.75) is 25.7 Å². The van der Waals surface area contributed by atoms with Crippen LogP contribution < -0.4 is 10.5 Å². The van der Waals surface area contributed by atoms with Crippen LogP contribution >= 0.6 is 0 Å². The highest BCUT2D eigenvalue weighted by atomic mass is 19.4. The molecule has 1 atom stereocenters. The lowest BCUT2D eigenvalue weighted by molar-refractivity contribution is -0.139. The molecule has 0 aromatic heterocycles. The molecule has 0 amide bonds. The zero-order valence-corrected chi connectivity index (χ0v) is 10.3. The number of nitrogens with two attached hydrogens (primary N) is 1. The van der Waals surface area contributed by atoms with Crippen LogP contribution in [0.4, 0.5) is 13.2 Å². The highest BCUT2D eigenvalue weighted by molar-refractivity contribution is 5.39. The lowest BCUT2D eigenvalue weighted by Crippen LogP contribution is -2.18. The van der Waals surface area contributed by atoms with E-state index in [1.54, 1.807) is 6.92 Å². The summed E-state index contributed by atoms with van der Waals surface area (Å²) in [5, 5.41) is 0. The molecule has 0 spiro atoms. The standard InChI is InChI=1S/C12H16F3NO2/c1-8(17-2)7-18-11-4-3-9(6-16)5-10(11)12(13,14)15/h3-5,8H,6-7,16H2,1-2H3. The normalized spacial score (nSPS) is 13.4. The summed E-state index contributed by atoms with van der Waals surface area (Å²) in [7, 11) is 1.47. The van der Waals surface area contributed by atoms with Gasteiger partial charge in [0.25, 0.3) is 0 Å². The van der Waals surface area contributed by atoms with Crippen LogP contribution in [0.2, 0.25) is 0 Å². The lowest BCUT2D eigenvalue weighted by Gasteiger charge is -2.17. The van der Waals surface area contributed by atoms with E-state index in [2.05, 4.69) is 0 Å². The molecule has 0 saturated heterocycles. The number of benzene rings is 1. The van der Waals surface area contributed by atoms with Crippen molar-refractivity contribution < 1.29 is 22.6 Å². The summed E-state index contributed by atoms with van der Waals surface area (Å²) in [6, 6.07) is 3.81. The Bertz CT molecular complexity index is 393. The molecule has 0 radical (unpaired) electrons. The number of halogens is 3. The van der Waals surface area contributed by atoms with E-state index in [0.717, 1.165) is 6.07 Å². The first-order valence-corrected chi connectivity index (χ1v) is 5.44. The summed E-state index contributed by atoms with van der Waals surface area (Å²) in [5.74, 6) is -0.205. The van der Waals surface area contributed by atoms with Crippen LogP contribution in [-0.4, -0.2) is 19.8 Å². The molecule has 1 aromatic rings. The first-order chi connectivity index (χ1) is 8.38. The Balaban J connectivity index is 2.96. The number of methoxy groups -OCH3 is 1. The van der Waals surface area contributed by atoms with Gasteiger partial charge in [0.15, 0.2) is 0 Å². The maximum absolute atomic E-state index is 12.8. The molecule has 0 saturated carbocycles. The average Bonchev–Trinajstić information content (AvgIpc) is 2.34. The summed E-state index contributed by atoms with van der Waals surface area (Å²) in [5.41, 5.74) is 4.93. The van der Waals surface area contributed by atoms with Gasteiger partial charge < -0.3 is 15.2 Å². The molecule has 0 aliphatic heterocycles. The molecule has 6 heteroatoms. The first kappa shape index (κ1) is 14.8. The molecular formula is C12H16F3NO2. The van der Waals surface area contributed by atoms with Gasteiger partial charge in [-0.1, -0.05) is 6.07 Å². The third-order valence-corrected chi connectivity index (χ3v) is 2.46. The number of alkyl halides is 3. The summed E-state index contributed by atoms with van der Waals surface area (Å²) in [4.78, 5) is 0. The topological polar surface area (TPSA) is 44.5 Å². The van der Waals surface area contributed by atoms with E-state index < -0.39 is 11.7 Å². The second kappa shape index (κ2) is 6.06. The quantitative estimate of drug-likeness (QED) is 0.888. The minimum Gasteiger partial charge on any atom is -0.490 e. The van der Waals surface area contributed by atoms with Crippen LogP contribution in [-0.2, 0) is 17.5 Å². The van der Waals surface area contributed by atoms with Crippen molar-refractivity contribution in [3.63, 3.8) is 0 Å². The summed E-state index contributed by atoms with van der Waals surface area (Å²) < 4.78 is 48.5. The average molecular weight is 263 g/mol. The molecular weight excluding hydrogens is 247 g/mol. The van der Waals surface area contributed by atoms with Gasteiger partial charge in [0.2, 0.25) is 0 Å². The number of hydrogen-bond acceptors (Lipinski definition) is 3. The van der Waals surface area contributed by atoms with Gasteiger partial charge in [-0.2, -0.15) is 13.2 Å².